The van der Waals surface area contributed by atoms with E-state index in [2.05, 4.69) is 14.9 Å². The molecule has 2 N–H and O–H groups in total. The van der Waals surface area contributed by atoms with E-state index in [1.54, 1.807) is 36.5 Å². The van der Waals surface area contributed by atoms with Crippen LogP contribution < -0.4 is 10.6 Å². The third-order valence-electron chi connectivity index (χ3n) is 2.92. The minimum atomic E-state index is -4.44. The van der Waals surface area contributed by atoms with E-state index >= 15 is 0 Å². The number of hydrogen-bond acceptors (Lipinski definition) is 5. The molecular weight excluding hydrogens is 345 g/mol. The number of amides is 2. The van der Waals surface area contributed by atoms with Crippen LogP contribution >= 0.6 is 11.5 Å². The summed E-state index contributed by atoms with van der Waals surface area (Å²) in [4.78, 5) is 23.8. The van der Waals surface area contributed by atoms with Crippen molar-refractivity contribution in [3.05, 3.63) is 40.4 Å². The number of aromatic nitrogens is 2. The second-order valence-electron chi connectivity index (χ2n) is 4.91. The summed E-state index contributed by atoms with van der Waals surface area (Å²) in [5.41, 5.74) is 1.55. The fourth-order valence-electron chi connectivity index (χ4n) is 1.78. The van der Waals surface area contributed by atoms with E-state index in [1.807, 2.05) is 0 Å². The van der Waals surface area contributed by atoms with Crippen LogP contribution in [-0.2, 0) is 11.2 Å². The molecule has 1 heterocycles. The van der Waals surface area contributed by atoms with Gasteiger partial charge in [-0.15, -0.1) is 5.10 Å². The number of hydrogen-bond donors (Lipinski definition) is 2. The second kappa shape index (κ2) is 7.39. The summed E-state index contributed by atoms with van der Waals surface area (Å²) in [5, 5.41) is 8.19. The fraction of sp³-hybridized carbons (Fsp3) is 0.286. The molecule has 24 heavy (non-hydrogen) atoms. The molecule has 0 aliphatic heterocycles. The molecule has 0 bridgehead atoms. The number of nitrogens with one attached hydrogen (secondary N) is 2. The first-order valence-electron chi connectivity index (χ1n) is 6.77. The van der Waals surface area contributed by atoms with Gasteiger partial charge in [0, 0.05) is 5.69 Å². The molecule has 1 aromatic carbocycles. The minimum absolute atomic E-state index is 0.178. The number of carbonyl (C=O) groups excluding carboxylic acids is 2. The van der Waals surface area contributed by atoms with Crippen molar-refractivity contribution in [2.75, 3.05) is 11.9 Å². The van der Waals surface area contributed by atoms with Crippen molar-refractivity contribution in [1.82, 2.24) is 14.9 Å². The Morgan fingerprint density at radius 1 is 1.21 bits per heavy atom. The van der Waals surface area contributed by atoms with E-state index < -0.39 is 18.6 Å². The Morgan fingerprint density at radius 3 is 2.42 bits per heavy atom. The van der Waals surface area contributed by atoms with Crippen molar-refractivity contribution >= 4 is 29.0 Å². The van der Waals surface area contributed by atoms with Gasteiger partial charge in [-0.3, -0.25) is 9.59 Å². The third kappa shape index (κ3) is 5.30. The highest BCUT2D eigenvalue weighted by molar-refractivity contribution is 7.08. The van der Waals surface area contributed by atoms with E-state index in [0.29, 0.717) is 21.8 Å². The highest BCUT2D eigenvalue weighted by Gasteiger charge is 2.27. The number of carbonyl (C=O) groups is 2. The van der Waals surface area contributed by atoms with Crippen LogP contribution in [0.4, 0.5) is 18.9 Å². The lowest BCUT2D eigenvalue weighted by molar-refractivity contribution is -0.138. The predicted octanol–water partition coefficient (Wildman–Crippen LogP) is 2.32. The SMILES string of the molecule is Cc1nnsc1C(=O)Nc1ccc(CC(=O)NCC(F)(F)F)cc1. The summed E-state index contributed by atoms with van der Waals surface area (Å²) >= 11 is 0.978. The van der Waals surface area contributed by atoms with Gasteiger partial charge in [0.25, 0.3) is 5.91 Å². The maximum Gasteiger partial charge on any atom is 0.405 e. The van der Waals surface area contributed by atoms with Gasteiger partial charge >= 0.3 is 6.18 Å². The molecule has 10 heteroatoms. The summed E-state index contributed by atoms with van der Waals surface area (Å²) in [6, 6.07) is 6.24. The Bertz CT molecular complexity index is 728. The van der Waals surface area contributed by atoms with Gasteiger partial charge in [0.05, 0.1) is 12.1 Å². The Morgan fingerprint density at radius 2 is 1.88 bits per heavy atom. The Kier molecular flexibility index (Phi) is 5.50. The first-order valence-corrected chi connectivity index (χ1v) is 7.54. The first-order chi connectivity index (χ1) is 11.2. The van der Waals surface area contributed by atoms with Crippen molar-refractivity contribution in [2.24, 2.45) is 0 Å². The number of halogens is 3. The highest BCUT2D eigenvalue weighted by atomic mass is 32.1. The van der Waals surface area contributed by atoms with Gasteiger partial charge in [-0.25, -0.2) is 0 Å². The van der Waals surface area contributed by atoms with Crippen LogP contribution in [0.1, 0.15) is 20.9 Å². The smallest absolute Gasteiger partial charge is 0.347 e. The molecule has 0 spiro atoms. The fourth-order valence-corrected chi connectivity index (χ4v) is 2.33. The van der Waals surface area contributed by atoms with Crippen LogP contribution in [0.5, 0.6) is 0 Å². The standard InChI is InChI=1S/C14H13F3N4O2S/c1-8-12(24-21-20-8)13(23)19-10-4-2-9(3-5-10)6-11(22)18-7-14(15,16)17/h2-5H,6-7H2,1H3,(H,18,22)(H,19,23). The first kappa shape index (κ1) is 17.9. The van der Waals surface area contributed by atoms with Gasteiger partial charge in [0.2, 0.25) is 5.91 Å². The van der Waals surface area contributed by atoms with E-state index in [-0.39, 0.29) is 12.3 Å². The Labute approximate surface area is 139 Å². The lowest BCUT2D eigenvalue weighted by Gasteiger charge is -2.09. The largest absolute Gasteiger partial charge is 0.405 e. The molecule has 2 aromatic rings. The van der Waals surface area contributed by atoms with E-state index in [0.717, 1.165) is 11.5 Å². The third-order valence-corrected chi connectivity index (χ3v) is 3.75. The van der Waals surface area contributed by atoms with Crippen molar-refractivity contribution in [3.63, 3.8) is 0 Å². The van der Waals surface area contributed by atoms with Crippen LogP contribution in [0.25, 0.3) is 0 Å². The molecule has 0 aliphatic carbocycles. The van der Waals surface area contributed by atoms with E-state index in [4.69, 9.17) is 0 Å². The molecule has 1 aromatic heterocycles. The number of aryl methyl sites for hydroxylation is 1. The molecule has 0 fully saturated rings. The summed E-state index contributed by atoms with van der Waals surface area (Å²) in [5.74, 6) is -1.08. The maximum absolute atomic E-state index is 12.0. The average molecular weight is 358 g/mol. The van der Waals surface area contributed by atoms with Crippen molar-refractivity contribution < 1.29 is 22.8 Å². The number of nitrogens with zero attached hydrogens (tertiary/aromatic N) is 2. The number of benzene rings is 1. The maximum atomic E-state index is 12.0. The van der Waals surface area contributed by atoms with Crippen molar-refractivity contribution in [2.45, 2.75) is 19.5 Å². The molecule has 0 saturated carbocycles. The molecule has 128 valence electrons. The zero-order valence-corrected chi connectivity index (χ0v) is 13.3. The molecule has 2 rings (SSSR count). The summed E-state index contributed by atoms with van der Waals surface area (Å²) in [7, 11) is 0. The number of alkyl halides is 3. The monoisotopic (exact) mass is 358 g/mol. The van der Waals surface area contributed by atoms with Crippen LogP contribution in [0.2, 0.25) is 0 Å². The van der Waals surface area contributed by atoms with Gasteiger partial charge in [-0.1, -0.05) is 16.6 Å². The Hall–Kier alpha value is -2.49. The molecule has 0 unspecified atom stereocenters. The summed E-state index contributed by atoms with van der Waals surface area (Å²) in [6.07, 6.45) is -4.62. The molecule has 2 amide bonds. The molecule has 6 nitrogen and oxygen atoms in total. The van der Waals surface area contributed by atoms with E-state index in [9.17, 15) is 22.8 Å². The van der Waals surface area contributed by atoms with Crippen LogP contribution in [0.15, 0.2) is 24.3 Å². The summed E-state index contributed by atoms with van der Waals surface area (Å²) < 4.78 is 39.7. The lowest BCUT2D eigenvalue weighted by atomic mass is 10.1. The lowest BCUT2D eigenvalue weighted by Crippen LogP contribution is -2.34. The minimum Gasteiger partial charge on any atom is -0.347 e. The molecule has 0 atom stereocenters. The predicted molar refractivity (Wildman–Crippen MR) is 81.8 cm³/mol. The van der Waals surface area contributed by atoms with Gasteiger partial charge in [-0.05, 0) is 36.2 Å². The van der Waals surface area contributed by atoms with E-state index in [1.165, 1.54) is 0 Å². The van der Waals surface area contributed by atoms with Crippen LogP contribution in [-0.4, -0.2) is 34.1 Å². The van der Waals surface area contributed by atoms with Gasteiger partial charge in [0.1, 0.15) is 11.4 Å². The molecule has 0 radical (unpaired) electrons. The Balaban J connectivity index is 1.90. The average Bonchev–Trinajstić information content (AvgIpc) is 2.93. The molecule has 0 aliphatic rings. The van der Waals surface area contributed by atoms with Gasteiger partial charge in [-0.2, -0.15) is 13.2 Å². The normalized spacial score (nSPS) is 11.2. The van der Waals surface area contributed by atoms with Crippen molar-refractivity contribution in [3.8, 4) is 0 Å². The second-order valence-corrected chi connectivity index (χ2v) is 5.66. The topological polar surface area (TPSA) is 84.0 Å². The zero-order chi connectivity index (χ0) is 17.7. The van der Waals surface area contributed by atoms with Gasteiger partial charge in [0.15, 0.2) is 0 Å². The van der Waals surface area contributed by atoms with Gasteiger partial charge < -0.3 is 10.6 Å². The molecule has 0 saturated heterocycles. The zero-order valence-electron chi connectivity index (χ0n) is 12.5. The number of rotatable bonds is 5. The quantitative estimate of drug-likeness (QED) is 0.859. The van der Waals surface area contributed by atoms with Crippen molar-refractivity contribution in [1.29, 1.82) is 0 Å². The molecular formula is C14H13F3N4O2S. The van der Waals surface area contributed by atoms with Crippen LogP contribution in [0, 0.1) is 6.92 Å². The highest BCUT2D eigenvalue weighted by Crippen LogP contribution is 2.15. The van der Waals surface area contributed by atoms with Crippen LogP contribution in [0.3, 0.4) is 0 Å². The number of anilines is 1. The summed E-state index contributed by atoms with van der Waals surface area (Å²) in [6.45, 7) is 0.309.